The predicted octanol–water partition coefficient (Wildman–Crippen LogP) is 4.00. The van der Waals surface area contributed by atoms with Crippen molar-refractivity contribution in [2.24, 2.45) is 0 Å². The Morgan fingerprint density at radius 3 is 2.36 bits per heavy atom. The first-order valence-electron chi connectivity index (χ1n) is 11.1. The number of hydrogen-bond acceptors (Lipinski definition) is 7. The molecule has 7 nitrogen and oxygen atoms in total. The van der Waals surface area contributed by atoms with Gasteiger partial charge in [-0.1, -0.05) is 36.4 Å². The Labute approximate surface area is 196 Å². The Morgan fingerprint density at radius 2 is 1.76 bits per heavy atom. The lowest BCUT2D eigenvalue weighted by Gasteiger charge is -2.41. The smallest absolute Gasteiger partial charge is 0.329 e. The van der Waals surface area contributed by atoms with Crippen LogP contribution < -0.4 is 9.47 Å². The molecule has 33 heavy (non-hydrogen) atoms. The average molecular weight is 458 g/mol. The zero-order valence-corrected chi connectivity index (χ0v) is 20.4. The molecule has 1 aliphatic heterocycles. The molecular formula is C26H35NO6. The number of ether oxygens (including phenoxy) is 5. The Kier molecular flexibility index (Phi) is 8.00. The molecule has 0 spiro atoms. The molecule has 1 aliphatic rings. The van der Waals surface area contributed by atoms with Gasteiger partial charge < -0.3 is 23.7 Å². The average Bonchev–Trinajstić information content (AvgIpc) is 3.21. The van der Waals surface area contributed by atoms with E-state index in [-0.39, 0.29) is 25.3 Å². The zero-order valence-electron chi connectivity index (χ0n) is 20.4. The van der Waals surface area contributed by atoms with Gasteiger partial charge in [0.15, 0.2) is 11.5 Å². The van der Waals surface area contributed by atoms with Crippen LogP contribution in [0.3, 0.4) is 0 Å². The lowest BCUT2D eigenvalue weighted by molar-refractivity contribution is -0.169. The van der Waals surface area contributed by atoms with Crippen LogP contribution in [-0.4, -0.2) is 63.3 Å². The standard InChI is InChI=1S/C26H35NO6/c1-25(2,3)33-24(28)26(15-19-12-13-22(30-5)23(14-19)31-6)17-32-18-27(26)21(16-29-4)20-10-8-7-9-11-20/h7-14,21H,15-18H2,1-6H3/t21-,26+/m0/s1. The molecule has 1 saturated heterocycles. The van der Waals surface area contributed by atoms with E-state index in [2.05, 4.69) is 4.90 Å². The second-order valence-electron chi connectivity index (χ2n) is 9.23. The molecule has 3 rings (SSSR count). The summed E-state index contributed by atoms with van der Waals surface area (Å²) in [4.78, 5) is 15.8. The molecule has 2 atom stereocenters. The largest absolute Gasteiger partial charge is 0.493 e. The third-order valence-electron chi connectivity index (χ3n) is 5.73. The summed E-state index contributed by atoms with van der Waals surface area (Å²) in [6, 6.07) is 15.5. The maximum Gasteiger partial charge on any atom is 0.329 e. The summed E-state index contributed by atoms with van der Waals surface area (Å²) in [5.41, 5.74) is 0.286. The first-order valence-corrected chi connectivity index (χ1v) is 11.1. The van der Waals surface area contributed by atoms with Crippen LogP contribution in [0.5, 0.6) is 11.5 Å². The highest BCUT2D eigenvalue weighted by Gasteiger charge is 2.53. The third-order valence-corrected chi connectivity index (χ3v) is 5.73. The first kappa shape index (κ1) is 25.0. The molecule has 0 aromatic heterocycles. The molecule has 0 amide bonds. The topological polar surface area (TPSA) is 66.5 Å². The maximum atomic E-state index is 13.8. The van der Waals surface area contributed by atoms with Crippen molar-refractivity contribution in [3.63, 3.8) is 0 Å². The third kappa shape index (κ3) is 5.66. The molecule has 0 unspecified atom stereocenters. The summed E-state index contributed by atoms with van der Waals surface area (Å²) in [6.07, 6.45) is 0.384. The van der Waals surface area contributed by atoms with Crippen molar-refractivity contribution in [1.82, 2.24) is 4.90 Å². The van der Waals surface area contributed by atoms with Gasteiger partial charge >= 0.3 is 5.97 Å². The van der Waals surface area contributed by atoms with Gasteiger partial charge in [0.2, 0.25) is 0 Å². The number of hydrogen-bond donors (Lipinski definition) is 0. The van der Waals surface area contributed by atoms with Crippen LogP contribution in [-0.2, 0) is 25.4 Å². The summed E-state index contributed by atoms with van der Waals surface area (Å²) in [5.74, 6) is 0.921. The van der Waals surface area contributed by atoms with Gasteiger partial charge in [-0.05, 0) is 44.0 Å². The molecule has 0 radical (unpaired) electrons. The molecule has 0 bridgehead atoms. The molecule has 1 heterocycles. The summed E-state index contributed by atoms with van der Waals surface area (Å²) in [7, 11) is 4.86. The Hall–Kier alpha value is -2.61. The lowest BCUT2D eigenvalue weighted by Crippen LogP contribution is -2.58. The fraction of sp³-hybridized carbons (Fsp3) is 0.500. The minimum Gasteiger partial charge on any atom is -0.493 e. The SMILES string of the molecule is COC[C@@H](c1ccccc1)N1COC[C@]1(Cc1ccc(OC)c(OC)c1)C(=O)OC(C)(C)C. The van der Waals surface area contributed by atoms with Crippen molar-refractivity contribution in [2.45, 2.75) is 44.4 Å². The van der Waals surface area contributed by atoms with Gasteiger partial charge in [0.1, 0.15) is 17.9 Å². The van der Waals surface area contributed by atoms with E-state index in [1.165, 1.54) is 0 Å². The summed E-state index contributed by atoms with van der Waals surface area (Å²) in [5, 5.41) is 0. The van der Waals surface area contributed by atoms with E-state index in [1.807, 2.05) is 69.3 Å². The van der Waals surface area contributed by atoms with Gasteiger partial charge in [0.05, 0.1) is 33.5 Å². The van der Waals surface area contributed by atoms with Crippen LogP contribution in [0.2, 0.25) is 0 Å². The quantitative estimate of drug-likeness (QED) is 0.527. The van der Waals surface area contributed by atoms with Crippen LogP contribution in [0.15, 0.2) is 48.5 Å². The fourth-order valence-electron chi connectivity index (χ4n) is 4.21. The highest BCUT2D eigenvalue weighted by Crippen LogP contribution is 2.39. The molecule has 1 fully saturated rings. The van der Waals surface area contributed by atoms with Crippen LogP contribution in [0.25, 0.3) is 0 Å². The van der Waals surface area contributed by atoms with Crippen LogP contribution >= 0.6 is 0 Å². The second kappa shape index (κ2) is 10.5. The molecule has 0 N–H and O–H groups in total. The number of benzene rings is 2. The van der Waals surface area contributed by atoms with Crippen molar-refractivity contribution in [3.05, 3.63) is 59.7 Å². The van der Waals surface area contributed by atoms with Crippen LogP contribution in [0.4, 0.5) is 0 Å². The van der Waals surface area contributed by atoms with Crippen molar-refractivity contribution < 1.29 is 28.5 Å². The summed E-state index contributed by atoms with van der Waals surface area (Å²) in [6.45, 7) is 6.53. The molecular weight excluding hydrogens is 422 g/mol. The molecule has 2 aromatic carbocycles. The zero-order chi connectivity index (χ0) is 24.1. The van der Waals surface area contributed by atoms with Crippen molar-refractivity contribution in [2.75, 3.05) is 41.3 Å². The van der Waals surface area contributed by atoms with Gasteiger partial charge in [0.25, 0.3) is 0 Å². The lowest BCUT2D eigenvalue weighted by atomic mass is 9.87. The first-order chi connectivity index (χ1) is 15.7. The summed E-state index contributed by atoms with van der Waals surface area (Å²) < 4.78 is 28.3. The number of nitrogens with zero attached hydrogens (tertiary/aromatic N) is 1. The van der Waals surface area contributed by atoms with E-state index in [1.54, 1.807) is 21.3 Å². The molecule has 0 aliphatic carbocycles. The normalized spacial score (nSPS) is 19.8. The van der Waals surface area contributed by atoms with Gasteiger partial charge in [-0.3, -0.25) is 4.90 Å². The van der Waals surface area contributed by atoms with Gasteiger partial charge in [-0.15, -0.1) is 0 Å². The number of carbonyl (C=O) groups is 1. The van der Waals surface area contributed by atoms with Gasteiger partial charge in [-0.2, -0.15) is 0 Å². The number of esters is 1. The Morgan fingerprint density at radius 1 is 1.06 bits per heavy atom. The van der Waals surface area contributed by atoms with E-state index in [4.69, 9.17) is 23.7 Å². The Bertz CT molecular complexity index is 926. The van der Waals surface area contributed by atoms with E-state index in [0.717, 1.165) is 11.1 Å². The molecule has 180 valence electrons. The highest BCUT2D eigenvalue weighted by atomic mass is 16.6. The van der Waals surface area contributed by atoms with Crippen molar-refractivity contribution in [3.8, 4) is 11.5 Å². The van der Waals surface area contributed by atoms with E-state index in [9.17, 15) is 4.79 Å². The minimum absolute atomic E-state index is 0.189. The number of carbonyl (C=O) groups excluding carboxylic acids is 1. The monoisotopic (exact) mass is 457 g/mol. The predicted molar refractivity (Wildman–Crippen MR) is 126 cm³/mol. The fourth-order valence-corrected chi connectivity index (χ4v) is 4.21. The van der Waals surface area contributed by atoms with Crippen LogP contribution in [0, 0.1) is 0 Å². The molecule has 7 heteroatoms. The summed E-state index contributed by atoms with van der Waals surface area (Å²) >= 11 is 0. The van der Waals surface area contributed by atoms with E-state index >= 15 is 0 Å². The van der Waals surface area contributed by atoms with Crippen molar-refractivity contribution in [1.29, 1.82) is 0 Å². The van der Waals surface area contributed by atoms with Crippen LogP contribution in [0.1, 0.15) is 37.9 Å². The van der Waals surface area contributed by atoms with E-state index < -0.39 is 11.1 Å². The molecule has 2 aromatic rings. The second-order valence-corrected chi connectivity index (χ2v) is 9.23. The van der Waals surface area contributed by atoms with Gasteiger partial charge in [0, 0.05) is 13.5 Å². The highest BCUT2D eigenvalue weighted by molar-refractivity contribution is 5.82. The number of methoxy groups -OCH3 is 3. The Balaban J connectivity index is 2.07. The van der Waals surface area contributed by atoms with Crippen molar-refractivity contribution >= 4 is 5.97 Å². The minimum atomic E-state index is -1.04. The number of rotatable bonds is 9. The van der Waals surface area contributed by atoms with E-state index in [0.29, 0.717) is 24.5 Å². The maximum absolute atomic E-state index is 13.8. The van der Waals surface area contributed by atoms with Gasteiger partial charge in [-0.25, -0.2) is 4.79 Å². The molecule has 0 saturated carbocycles.